The second kappa shape index (κ2) is 5.31. The van der Waals surface area contributed by atoms with Gasteiger partial charge in [0.15, 0.2) is 0 Å². The fraction of sp³-hybridized carbons (Fsp3) is 1.00. The third-order valence-corrected chi connectivity index (χ3v) is 3.85. The Kier molecular flexibility index (Phi) is 4.60. The van der Waals surface area contributed by atoms with E-state index < -0.39 is 0 Å². The summed E-state index contributed by atoms with van der Waals surface area (Å²) in [6.07, 6.45) is 6.74. The van der Waals surface area contributed by atoms with Gasteiger partial charge in [0.25, 0.3) is 0 Å². The second-order valence-corrected chi connectivity index (χ2v) is 6.18. The molecule has 2 heteroatoms. The van der Waals surface area contributed by atoms with Crippen molar-refractivity contribution >= 4 is 0 Å². The summed E-state index contributed by atoms with van der Waals surface area (Å²) >= 11 is 0. The number of hydrogen-bond acceptors (Lipinski definition) is 2. The predicted molar refractivity (Wildman–Crippen MR) is 66.9 cm³/mol. The van der Waals surface area contributed by atoms with E-state index >= 15 is 0 Å². The molecule has 0 heterocycles. The van der Waals surface area contributed by atoms with Crippen molar-refractivity contribution in [3.8, 4) is 0 Å². The zero-order chi connectivity index (χ0) is 11.5. The van der Waals surface area contributed by atoms with E-state index in [1.807, 2.05) is 0 Å². The first-order valence-electron chi connectivity index (χ1n) is 6.37. The SMILES string of the molecule is CN(CCC(N)C(C)(C)C)C1CCCC1. The summed E-state index contributed by atoms with van der Waals surface area (Å²) < 4.78 is 0. The van der Waals surface area contributed by atoms with Crippen LogP contribution in [0.2, 0.25) is 0 Å². The summed E-state index contributed by atoms with van der Waals surface area (Å²) in [4.78, 5) is 2.51. The van der Waals surface area contributed by atoms with Crippen molar-refractivity contribution < 1.29 is 0 Å². The molecular weight excluding hydrogens is 184 g/mol. The van der Waals surface area contributed by atoms with Crippen molar-refractivity contribution in [1.29, 1.82) is 0 Å². The van der Waals surface area contributed by atoms with E-state index in [9.17, 15) is 0 Å². The largest absolute Gasteiger partial charge is 0.327 e. The van der Waals surface area contributed by atoms with Crippen molar-refractivity contribution in [2.75, 3.05) is 13.6 Å². The van der Waals surface area contributed by atoms with Crippen LogP contribution in [0.1, 0.15) is 52.9 Å². The van der Waals surface area contributed by atoms with Crippen LogP contribution in [-0.4, -0.2) is 30.6 Å². The van der Waals surface area contributed by atoms with E-state index in [-0.39, 0.29) is 5.41 Å². The maximum Gasteiger partial charge on any atom is 0.00998 e. The smallest absolute Gasteiger partial charge is 0.00998 e. The molecule has 1 atom stereocenters. The minimum Gasteiger partial charge on any atom is -0.327 e. The molecule has 15 heavy (non-hydrogen) atoms. The average Bonchev–Trinajstić information content (AvgIpc) is 2.64. The van der Waals surface area contributed by atoms with Gasteiger partial charge in [0.05, 0.1) is 0 Å². The second-order valence-electron chi connectivity index (χ2n) is 6.18. The van der Waals surface area contributed by atoms with E-state index in [0.29, 0.717) is 6.04 Å². The van der Waals surface area contributed by atoms with E-state index in [2.05, 4.69) is 32.7 Å². The summed E-state index contributed by atoms with van der Waals surface area (Å²) in [5.41, 5.74) is 6.42. The van der Waals surface area contributed by atoms with Crippen molar-refractivity contribution in [3.05, 3.63) is 0 Å². The molecule has 1 fully saturated rings. The molecule has 2 N–H and O–H groups in total. The van der Waals surface area contributed by atoms with Gasteiger partial charge in [-0.25, -0.2) is 0 Å². The van der Waals surface area contributed by atoms with Crippen molar-refractivity contribution in [2.45, 2.75) is 65.0 Å². The Hall–Kier alpha value is -0.0800. The molecule has 1 aliphatic rings. The van der Waals surface area contributed by atoms with Crippen LogP contribution in [0, 0.1) is 5.41 Å². The molecule has 1 rings (SSSR count). The highest BCUT2D eigenvalue weighted by molar-refractivity contribution is 4.80. The summed E-state index contributed by atoms with van der Waals surface area (Å²) in [5, 5.41) is 0. The first kappa shape index (κ1) is 13.0. The normalized spacial score (nSPS) is 21.2. The molecular formula is C13H28N2. The Labute approximate surface area is 95.2 Å². The zero-order valence-corrected chi connectivity index (χ0v) is 10.9. The molecule has 0 aromatic rings. The van der Waals surface area contributed by atoms with Crippen LogP contribution in [0.15, 0.2) is 0 Å². The molecule has 90 valence electrons. The minimum absolute atomic E-state index is 0.247. The lowest BCUT2D eigenvalue weighted by Crippen LogP contribution is -2.39. The molecule has 0 saturated heterocycles. The van der Waals surface area contributed by atoms with Crippen LogP contribution < -0.4 is 5.73 Å². The van der Waals surface area contributed by atoms with Gasteiger partial charge >= 0.3 is 0 Å². The van der Waals surface area contributed by atoms with Gasteiger partial charge in [0.2, 0.25) is 0 Å². The Morgan fingerprint density at radius 2 is 1.80 bits per heavy atom. The van der Waals surface area contributed by atoms with Gasteiger partial charge in [-0.15, -0.1) is 0 Å². The summed E-state index contributed by atoms with van der Waals surface area (Å²) in [7, 11) is 2.26. The van der Waals surface area contributed by atoms with Crippen LogP contribution in [0.5, 0.6) is 0 Å². The maximum atomic E-state index is 6.17. The molecule has 0 spiro atoms. The van der Waals surface area contributed by atoms with Crippen LogP contribution in [-0.2, 0) is 0 Å². The Balaban J connectivity index is 2.24. The lowest BCUT2D eigenvalue weighted by Gasteiger charge is -2.30. The van der Waals surface area contributed by atoms with Gasteiger partial charge < -0.3 is 10.6 Å². The first-order valence-corrected chi connectivity index (χ1v) is 6.37. The van der Waals surface area contributed by atoms with E-state index in [1.54, 1.807) is 0 Å². The molecule has 0 amide bonds. The number of nitrogens with zero attached hydrogens (tertiary/aromatic N) is 1. The molecule has 1 saturated carbocycles. The summed E-state index contributed by atoms with van der Waals surface area (Å²) in [5.74, 6) is 0. The van der Waals surface area contributed by atoms with Crippen molar-refractivity contribution in [1.82, 2.24) is 4.90 Å². The number of rotatable bonds is 4. The van der Waals surface area contributed by atoms with Gasteiger partial charge in [0.1, 0.15) is 0 Å². The van der Waals surface area contributed by atoms with Gasteiger partial charge in [-0.05, 0) is 38.3 Å². The van der Waals surface area contributed by atoms with Crippen molar-refractivity contribution in [2.24, 2.45) is 11.1 Å². The lowest BCUT2D eigenvalue weighted by molar-refractivity contribution is 0.210. The van der Waals surface area contributed by atoms with Crippen molar-refractivity contribution in [3.63, 3.8) is 0 Å². The Bertz CT molecular complexity index is 177. The van der Waals surface area contributed by atoms with Crippen LogP contribution >= 0.6 is 0 Å². The highest BCUT2D eigenvalue weighted by Crippen LogP contribution is 2.24. The predicted octanol–water partition coefficient (Wildman–Crippen LogP) is 2.62. The third-order valence-electron chi connectivity index (χ3n) is 3.85. The van der Waals surface area contributed by atoms with E-state index in [4.69, 9.17) is 5.73 Å². The van der Waals surface area contributed by atoms with Crippen LogP contribution in [0.25, 0.3) is 0 Å². The molecule has 0 radical (unpaired) electrons. The quantitative estimate of drug-likeness (QED) is 0.776. The summed E-state index contributed by atoms with van der Waals surface area (Å²) in [6, 6.07) is 1.15. The standard InChI is InChI=1S/C13H28N2/c1-13(2,3)12(14)9-10-15(4)11-7-5-6-8-11/h11-12H,5-10,14H2,1-4H3. The first-order chi connectivity index (χ1) is 6.91. The fourth-order valence-corrected chi connectivity index (χ4v) is 2.30. The van der Waals surface area contributed by atoms with Crippen LogP contribution in [0.3, 0.4) is 0 Å². The Morgan fingerprint density at radius 3 is 2.27 bits per heavy atom. The van der Waals surface area contributed by atoms with Gasteiger partial charge in [-0.2, -0.15) is 0 Å². The molecule has 1 unspecified atom stereocenters. The average molecular weight is 212 g/mol. The molecule has 0 aromatic heterocycles. The highest BCUT2D eigenvalue weighted by Gasteiger charge is 2.23. The van der Waals surface area contributed by atoms with E-state index in [1.165, 1.54) is 25.7 Å². The molecule has 1 aliphatic carbocycles. The maximum absolute atomic E-state index is 6.17. The van der Waals surface area contributed by atoms with Gasteiger partial charge in [-0.1, -0.05) is 33.6 Å². The topological polar surface area (TPSA) is 29.3 Å². The fourth-order valence-electron chi connectivity index (χ4n) is 2.30. The molecule has 0 aromatic carbocycles. The molecule has 2 nitrogen and oxygen atoms in total. The molecule has 0 aliphatic heterocycles. The van der Waals surface area contributed by atoms with Gasteiger partial charge in [-0.3, -0.25) is 0 Å². The number of hydrogen-bond donors (Lipinski definition) is 1. The zero-order valence-electron chi connectivity index (χ0n) is 10.9. The molecule has 0 bridgehead atoms. The van der Waals surface area contributed by atoms with E-state index in [0.717, 1.165) is 19.0 Å². The van der Waals surface area contributed by atoms with Crippen LogP contribution in [0.4, 0.5) is 0 Å². The monoisotopic (exact) mass is 212 g/mol. The Morgan fingerprint density at radius 1 is 1.27 bits per heavy atom. The van der Waals surface area contributed by atoms with Gasteiger partial charge in [0, 0.05) is 12.1 Å². The minimum atomic E-state index is 0.247. The lowest BCUT2D eigenvalue weighted by atomic mass is 9.85. The highest BCUT2D eigenvalue weighted by atomic mass is 15.1. The third kappa shape index (κ3) is 4.12. The number of nitrogens with two attached hydrogens (primary N) is 1. The summed E-state index contributed by atoms with van der Waals surface area (Å²) in [6.45, 7) is 7.84.